The summed E-state index contributed by atoms with van der Waals surface area (Å²) in [4.78, 5) is 0. The molecule has 3 rings (SSSR count). The van der Waals surface area contributed by atoms with E-state index in [1.807, 2.05) is 0 Å². The van der Waals surface area contributed by atoms with Crippen LogP contribution in [0.2, 0.25) is 0 Å². The summed E-state index contributed by atoms with van der Waals surface area (Å²) < 4.78 is 45.4. The highest BCUT2D eigenvalue weighted by molar-refractivity contribution is 5.55. The zero-order valence-electron chi connectivity index (χ0n) is 10.8. The zero-order valence-corrected chi connectivity index (χ0v) is 10.8. The van der Waals surface area contributed by atoms with Gasteiger partial charge >= 0.3 is 6.11 Å². The van der Waals surface area contributed by atoms with Gasteiger partial charge in [-0.25, -0.2) is 4.39 Å². The summed E-state index contributed by atoms with van der Waals surface area (Å²) in [6.07, 6.45) is -1.53. The van der Waals surface area contributed by atoms with E-state index in [1.165, 1.54) is 6.08 Å². The van der Waals surface area contributed by atoms with E-state index in [4.69, 9.17) is 0 Å². The van der Waals surface area contributed by atoms with Crippen LogP contribution in [0.5, 0.6) is 5.75 Å². The van der Waals surface area contributed by atoms with Crippen molar-refractivity contribution in [2.75, 3.05) is 0 Å². The molecule has 0 bridgehead atoms. The molecule has 0 radical (unpaired) electrons. The number of hydrogen-bond donors (Lipinski definition) is 1. The monoisotopic (exact) mass is 292 g/mol. The highest BCUT2D eigenvalue weighted by Gasteiger charge is 2.61. The standard InChI is InChI=1S/C16H11F3O2/c17-12-6-7-13-14(10-12)21-16(18,19)15(13,20)9-8-11-4-2-1-3-5-11/h1-10,20H. The van der Waals surface area contributed by atoms with E-state index in [1.54, 1.807) is 30.3 Å². The smallest absolute Gasteiger partial charge is 0.429 e. The van der Waals surface area contributed by atoms with Gasteiger partial charge in [0.05, 0.1) is 0 Å². The fourth-order valence-electron chi connectivity index (χ4n) is 2.24. The van der Waals surface area contributed by atoms with E-state index in [0.29, 0.717) is 5.56 Å². The molecule has 0 spiro atoms. The van der Waals surface area contributed by atoms with Gasteiger partial charge in [0.25, 0.3) is 0 Å². The molecule has 0 aliphatic carbocycles. The Bertz CT molecular complexity index is 698. The largest absolute Gasteiger partial charge is 0.435 e. The summed E-state index contributed by atoms with van der Waals surface area (Å²) in [5.74, 6) is -1.07. The number of alkyl halides is 2. The Morgan fingerprint density at radius 1 is 1.05 bits per heavy atom. The molecule has 1 heterocycles. The van der Waals surface area contributed by atoms with Crippen LogP contribution in [-0.4, -0.2) is 11.2 Å². The molecule has 5 heteroatoms. The van der Waals surface area contributed by atoms with Crippen LogP contribution in [0.15, 0.2) is 54.6 Å². The maximum Gasteiger partial charge on any atom is 0.435 e. The molecular weight excluding hydrogens is 281 g/mol. The average Bonchev–Trinajstić information content (AvgIpc) is 2.64. The van der Waals surface area contributed by atoms with E-state index in [9.17, 15) is 18.3 Å². The molecule has 0 amide bonds. The third kappa shape index (κ3) is 2.19. The maximum atomic E-state index is 14.0. The topological polar surface area (TPSA) is 29.5 Å². The summed E-state index contributed by atoms with van der Waals surface area (Å²) in [5.41, 5.74) is -2.15. The van der Waals surface area contributed by atoms with Gasteiger partial charge in [-0.2, -0.15) is 8.78 Å². The van der Waals surface area contributed by atoms with Crippen LogP contribution >= 0.6 is 0 Å². The van der Waals surface area contributed by atoms with Crippen molar-refractivity contribution in [3.8, 4) is 5.75 Å². The maximum absolute atomic E-state index is 14.0. The van der Waals surface area contributed by atoms with Gasteiger partial charge in [0.2, 0.25) is 5.60 Å². The second kappa shape index (κ2) is 4.63. The first-order valence-electron chi connectivity index (χ1n) is 6.26. The van der Waals surface area contributed by atoms with Crippen LogP contribution in [0.25, 0.3) is 6.08 Å². The third-order valence-corrected chi connectivity index (χ3v) is 3.35. The first kappa shape index (κ1) is 13.7. The minimum atomic E-state index is -3.87. The number of halogens is 3. The van der Waals surface area contributed by atoms with Gasteiger partial charge in [-0.1, -0.05) is 36.4 Å². The Labute approximate surface area is 119 Å². The summed E-state index contributed by atoms with van der Waals surface area (Å²) in [7, 11) is 0. The molecule has 2 aromatic carbocycles. The highest BCUT2D eigenvalue weighted by Crippen LogP contribution is 2.50. The van der Waals surface area contributed by atoms with E-state index in [0.717, 1.165) is 24.3 Å². The van der Waals surface area contributed by atoms with Crippen LogP contribution in [0.4, 0.5) is 13.2 Å². The number of benzene rings is 2. The Morgan fingerprint density at radius 2 is 1.76 bits per heavy atom. The molecule has 0 saturated carbocycles. The molecule has 0 aromatic heterocycles. The first-order chi connectivity index (χ1) is 9.92. The molecule has 1 N–H and O–H groups in total. The van der Waals surface area contributed by atoms with Crippen LogP contribution in [0, 0.1) is 5.82 Å². The summed E-state index contributed by atoms with van der Waals surface area (Å²) in [6.45, 7) is 0. The van der Waals surface area contributed by atoms with Crippen molar-refractivity contribution in [2.24, 2.45) is 0 Å². The van der Waals surface area contributed by atoms with E-state index in [2.05, 4.69) is 4.74 Å². The summed E-state index contributed by atoms with van der Waals surface area (Å²) >= 11 is 0. The average molecular weight is 292 g/mol. The van der Waals surface area contributed by atoms with Gasteiger partial charge in [-0.3, -0.25) is 0 Å². The molecule has 21 heavy (non-hydrogen) atoms. The number of hydrogen-bond acceptors (Lipinski definition) is 2. The number of fused-ring (bicyclic) bond motifs is 1. The fourth-order valence-corrected chi connectivity index (χ4v) is 2.24. The van der Waals surface area contributed by atoms with Crippen molar-refractivity contribution in [1.29, 1.82) is 0 Å². The van der Waals surface area contributed by atoms with Gasteiger partial charge in [0, 0.05) is 11.6 Å². The number of ether oxygens (including phenoxy) is 1. The lowest BCUT2D eigenvalue weighted by Gasteiger charge is -2.24. The second-order valence-electron chi connectivity index (χ2n) is 4.77. The van der Waals surface area contributed by atoms with Crippen molar-refractivity contribution in [1.82, 2.24) is 0 Å². The van der Waals surface area contributed by atoms with Crippen LogP contribution in [0.1, 0.15) is 11.1 Å². The van der Waals surface area contributed by atoms with Crippen LogP contribution in [0.3, 0.4) is 0 Å². The Morgan fingerprint density at radius 3 is 2.48 bits per heavy atom. The van der Waals surface area contributed by atoms with Crippen molar-refractivity contribution in [3.63, 3.8) is 0 Å². The van der Waals surface area contributed by atoms with E-state index in [-0.39, 0.29) is 11.3 Å². The van der Waals surface area contributed by atoms with Crippen LogP contribution < -0.4 is 4.74 Å². The minimum absolute atomic E-state index is 0.166. The van der Waals surface area contributed by atoms with E-state index < -0.39 is 17.5 Å². The third-order valence-electron chi connectivity index (χ3n) is 3.35. The lowest BCUT2D eigenvalue weighted by Crippen LogP contribution is -2.42. The molecular formula is C16H11F3O2. The van der Waals surface area contributed by atoms with Gasteiger partial charge in [-0.15, -0.1) is 0 Å². The molecule has 2 nitrogen and oxygen atoms in total. The fraction of sp³-hybridized carbons (Fsp3) is 0.125. The summed E-state index contributed by atoms with van der Waals surface area (Å²) in [6, 6.07) is 11.6. The van der Waals surface area contributed by atoms with Gasteiger partial charge in [0.1, 0.15) is 11.6 Å². The van der Waals surface area contributed by atoms with Crippen molar-refractivity contribution in [3.05, 3.63) is 71.6 Å². The molecule has 1 aliphatic heterocycles. The molecule has 1 unspecified atom stereocenters. The molecule has 108 valence electrons. The highest BCUT2D eigenvalue weighted by atomic mass is 19.3. The van der Waals surface area contributed by atoms with Crippen molar-refractivity contribution < 1.29 is 23.0 Å². The Hall–Kier alpha value is -2.27. The lowest BCUT2D eigenvalue weighted by atomic mass is 9.93. The van der Waals surface area contributed by atoms with Gasteiger partial charge < -0.3 is 9.84 Å². The number of aliphatic hydroxyl groups is 1. The lowest BCUT2D eigenvalue weighted by molar-refractivity contribution is -0.257. The van der Waals surface area contributed by atoms with Crippen LogP contribution in [-0.2, 0) is 5.60 Å². The SMILES string of the molecule is OC1(C=Cc2ccccc2)c2ccc(F)cc2OC1(F)F. The van der Waals surface area contributed by atoms with E-state index >= 15 is 0 Å². The molecule has 1 aliphatic rings. The normalized spacial score (nSPS) is 23.0. The minimum Gasteiger partial charge on any atom is -0.429 e. The molecule has 2 aromatic rings. The first-order valence-corrected chi connectivity index (χ1v) is 6.26. The predicted octanol–water partition coefficient (Wildman–Crippen LogP) is 3.71. The van der Waals surface area contributed by atoms with Gasteiger partial charge in [-0.05, 0) is 23.8 Å². The number of rotatable bonds is 2. The summed E-state index contributed by atoms with van der Waals surface area (Å²) in [5, 5.41) is 10.3. The zero-order chi connectivity index (χ0) is 15.1. The van der Waals surface area contributed by atoms with Crippen molar-refractivity contribution >= 4 is 6.08 Å². The van der Waals surface area contributed by atoms with Gasteiger partial charge in [0.15, 0.2) is 0 Å². The van der Waals surface area contributed by atoms with Crippen molar-refractivity contribution in [2.45, 2.75) is 11.7 Å². The molecule has 0 fully saturated rings. The predicted molar refractivity (Wildman–Crippen MR) is 71.3 cm³/mol. The quantitative estimate of drug-likeness (QED) is 0.914. The molecule has 0 saturated heterocycles. The second-order valence-corrected chi connectivity index (χ2v) is 4.77. The Balaban J connectivity index is 2.05. The molecule has 1 atom stereocenters. The Kier molecular flexibility index (Phi) is 3.02.